The minimum absolute atomic E-state index is 0.0641. The number of anilines is 2. The van der Waals surface area contributed by atoms with Gasteiger partial charge in [-0.25, -0.2) is 0 Å². The molecular formula is C21H23Cl2N3O2. The predicted molar refractivity (Wildman–Crippen MR) is 115 cm³/mol. The van der Waals surface area contributed by atoms with Crippen LogP contribution in [-0.4, -0.2) is 30.9 Å². The van der Waals surface area contributed by atoms with Crippen LogP contribution in [0.2, 0.25) is 10.0 Å². The van der Waals surface area contributed by atoms with Crippen LogP contribution < -0.4 is 15.5 Å². The van der Waals surface area contributed by atoms with E-state index in [9.17, 15) is 9.59 Å². The number of hydrogen-bond acceptors (Lipinski definition) is 3. The summed E-state index contributed by atoms with van der Waals surface area (Å²) in [6, 6.07) is 10.8. The number of rotatable bonds is 5. The Kier molecular flexibility index (Phi) is 6.47. The summed E-state index contributed by atoms with van der Waals surface area (Å²) in [6.07, 6.45) is 1.69. The monoisotopic (exact) mass is 419 g/mol. The van der Waals surface area contributed by atoms with Gasteiger partial charge in [-0.3, -0.25) is 9.59 Å². The summed E-state index contributed by atoms with van der Waals surface area (Å²) in [5.41, 5.74) is 2.99. The maximum Gasteiger partial charge on any atom is 0.251 e. The number of para-hydroxylation sites is 1. The Hall–Kier alpha value is -2.24. The van der Waals surface area contributed by atoms with Gasteiger partial charge in [-0.15, -0.1) is 0 Å². The van der Waals surface area contributed by atoms with Gasteiger partial charge in [0.2, 0.25) is 5.91 Å². The summed E-state index contributed by atoms with van der Waals surface area (Å²) in [5.74, 6) is -0.291. The minimum Gasteiger partial charge on any atom is -0.362 e. The normalized spacial score (nSPS) is 13.2. The van der Waals surface area contributed by atoms with E-state index in [1.54, 1.807) is 18.2 Å². The van der Waals surface area contributed by atoms with E-state index in [2.05, 4.69) is 10.6 Å². The Labute approximate surface area is 175 Å². The highest BCUT2D eigenvalue weighted by Crippen LogP contribution is 2.32. The third kappa shape index (κ3) is 4.59. The lowest BCUT2D eigenvalue weighted by Crippen LogP contribution is -2.38. The standard InChI is InChI=1S/C21H23Cl2N3O2/c1-13(2)24-21(28)15-6-3-10-18-14(15)7-5-11-26(18)12-19(27)25-20-16(22)8-4-9-17(20)23/h3-4,6,8-10,13H,5,7,11-12H2,1-2H3,(H,24,28)(H,25,27). The van der Waals surface area contributed by atoms with E-state index < -0.39 is 0 Å². The zero-order chi connectivity index (χ0) is 20.3. The molecule has 0 fully saturated rings. The lowest BCUT2D eigenvalue weighted by molar-refractivity contribution is -0.115. The van der Waals surface area contributed by atoms with E-state index in [1.165, 1.54) is 0 Å². The van der Waals surface area contributed by atoms with Gasteiger partial charge in [-0.05, 0) is 56.5 Å². The minimum atomic E-state index is -0.208. The predicted octanol–water partition coefficient (Wildman–Crippen LogP) is 4.52. The second-order valence-electron chi connectivity index (χ2n) is 7.10. The molecule has 7 heteroatoms. The molecule has 1 heterocycles. The molecule has 0 aromatic heterocycles. The van der Waals surface area contributed by atoms with Crippen molar-refractivity contribution in [3.8, 4) is 0 Å². The molecule has 2 N–H and O–H groups in total. The summed E-state index contributed by atoms with van der Waals surface area (Å²) >= 11 is 12.3. The van der Waals surface area contributed by atoms with Gasteiger partial charge in [0, 0.05) is 23.8 Å². The summed E-state index contributed by atoms with van der Waals surface area (Å²) in [7, 11) is 0. The number of fused-ring (bicyclic) bond motifs is 1. The Balaban J connectivity index is 1.79. The van der Waals surface area contributed by atoms with E-state index in [0.29, 0.717) is 21.3 Å². The number of carbonyl (C=O) groups is 2. The molecule has 0 spiro atoms. The van der Waals surface area contributed by atoms with Crippen LogP contribution >= 0.6 is 23.2 Å². The second-order valence-corrected chi connectivity index (χ2v) is 7.92. The molecule has 0 atom stereocenters. The maximum absolute atomic E-state index is 12.6. The first-order chi connectivity index (χ1) is 13.4. The smallest absolute Gasteiger partial charge is 0.251 e. The number of nitrogens with zero attached hydrogens (tertiary/aromatic N) is 1. The Morgan fingerprint density at radius 2 is 1.79 bits per heavy atom. The van der Waals surface area contributed by atoms with Crippen molar-refractivity contribution in [2.24, 2.45) is 0 Å². The summed E-state index contributed by atoms with van der Waals surface area (Å²) in [6.45, 7) is 4.77. The number of carbonyl (C=O) groups excluding carboxylic acids is 2. The SMILES string of the molecule is CC(C)NC(=O)c1cccc2c1CCCN2CC(=O)Nc1c(Cl)cccc1Cl. The van der Waals surface area contributed by atoms with Crippen LogP contribution in [0.25, 0.3) is 0 Å². The first-order valence-electron chi connectivity index (χ1n) is 9.28. The quantitative estimate of drug-likeness (QED) is 0.748. The molecule has 2 amide bonds. The number of amides is 2. The number of hydrogen-bond donors (Lipinski definition) is 2. The molecule has 148 valence electrons. The molecule has 1 aliphatic rings. The van der Waals surface area contributed by atoms with E-state index in [-0.39, 0.29) is 24.4 Å². The molecule has 28 heavy (non-hydrogen) atoms. The van der Waals surface area contributed by atoms with Crippen molar-refractivity contribution in [1.29, 1.82) is 0 Å². The van der Waals surface area contributed by atoms with Crippen LogP contribution in [-0.2, 0) is 11.2 Å². The van der Waals surface area contributed by atoms with E-state index >= 15 is 0 Å². The second kappa shape index (κ2) is 8.84. The van der Waals surface area contributed by atoms with Crippen molar-refractivity contribution in [3.63, 3.8) is 0 Å². The van der Waals surface area contributed by atoms with E-state index in [1.807, 2.05) is 36.9 Å². The molecule has 0 bridgehead atoms. The van der Waals surface area contributed by atoms with E-state index in [0.717, 1.165) is 30.6 Å². The molecule has 0 radical (unpaired) electrons. The molecule has 2 aromatic rings. The van der Waals surface area contributed by atoms with Gasteiger partial charge in [0.15, 0.2) is 0 Å². The van der Waals surface area contributed by atoms with Gasteiger partial charge in [0.25, 0.3) is 5.91 Å². The summed E-state index contributed by atoms with van der Waals surface area (Å²) in [4.78, 5) is 27.1. The van der Waals surface area contributed by atoms with Crippen molar-refractivity contribution in [2.45, 2.75) is 32.7 Å². The van der Waals surface area contributed by atoms with Crippen LogP contribution in [0.4, 0.5) is 11.4 Å². The number of nitrogens with one attached hydrogen (secondary N) is 2. The van der Waals surface area contributed by atoms with Crippen molar-refractivity contribution < 1.29 is 9.59 Å². The average molecular weight is 420 g/mol. The molecule has 3 rings (SSSR count). The molecule has 0 aliphatic carbocycles. The molecular weight excluding hydrogens is 397 g/mol. The molecule has 0 saturated carbocycles. The van der Waals surface area contributed by atoms with Crippen LogP contribution in [0.5, 0.6) is 0 Å². The zero-order valence-electron chi connectivity index (χ0n) is 15.9. The third-order valence-electron chi connectivity index (χ3n) is 4.57. The zero-order valence-corrected chi connectivity index (χ0v) is 17.4. The molecule has 2 aromatic carbocycles. The van der Waals surface area contributed by atoms with Gasteiger partial charge < -0.3 is 15.5 Å². The molecule has 0 saturated heterocycles. The van der Waals surface area contributed by atoms with Crippen molar-refractivity contribution in [3.05, 3.63) is 57.6 Å². The van der Waals surface area contributed by atoms with Gasteiger partial charge in [0.1, 0.15) is 0 Å². The van der Waals surface area contributed by atoms with Gasteiger partial charge in [0.05, 0.1) is 22.3 Å². The van der Waals surface area contributed by atoms with Crippen LogP contribution in [0, 0.1) is 0 Å². The summed E-state index contributed by atoms with van der Waals surface area (Å²) < 4.78 is 0. The Morgan fingerprint density at radius 3 is 2.46 bits per heavy atom. The fourth-order valence-electron chi connectivity index (χ4n) is 3.39. The van der Waals surface area contributed by atoms with Gasteiger partial charge in [-0.1, -0.05) is 35.3 Å². The van der Waals surface area contributed by atoms with Gasteiger partial charge in [-0.2, -0.15) is 0 Å². The first kappa shape index (κ1) is 20.5. The van der Waals surface area contributed by atoms with E-state index in [4.69, 9.17) is 23.2 Å². The van der Waals surface area contributed by atoms with Crippen LogP contribution in [0.3, 0.4) is 0 Å². The molecule has 5 nitrogen and oxygen atoms in total. The lowest BCUT2D eigenvalue weighted by atomic mass is 9.95. The third-order valence-corrected chi connectivity index (χ3v) is 5.20. The Bertz CT molecular complexity index is 879. The lowest BCUT2D eigenvalue weighted by Gasteiger charge is -2.32. The average Bonchev–Trinajstić information content (AvgIpc) is 2.64. The fourth-order valence-corrected chi connectivity index (χ4v) is 3.88. The topological polar surface area (TPSA) is 61.4 Å². The van der Waals surface area contributed by atoms with Crippen LogP contribution in [0.15, 0.2) is 36.4 Å². The van der Waals surface area contributed by atoms with Crippen molar-refractivity contribution >= 4 is 46.4 Å². The maximum atomic E-state index is 12.6. The van der Waals surface area contributed by atoms with Crippen molar-refractivity contribution in [1.82, 2.24) is 5.32 Å². The fraction of sp³-hybridized carbons (Fsp3) is 0.333. The van der Waals surface area contributed by atoms with Gasteiger partial charge >= 0.3 is 0 Å². The highest BCUT2D eigenvalue weighted by Gasteiger charge is 2.24. The summed E-state index contributed by atoms with van der Waals surface area (Å²) in [5, 5.41) is 6.53. The number of halogens is 2. The molecule has 1 aliphatic heterocycles. The van der Waals surface area contributed by atoms with Crippen molar-refractivity contribution in [2.75, 3.05) is 23.3 Å². The molecule has 0 unspecified atom stereocenters. The Morgan fingerprint density at radius 1 is 1.11 bits per heavy atom. The first-order valence-corrected chi connectivity index (χ1v) is 10.0. The highest BCUT2D eigenvalue weighted by molar-refractivity contribution is 6.39. The van der Waals surface area contributed by atoms with Crippen LogP contribution in [0.1, 0.15) is 36.2 Å². The number of benzene rings is 2. The largest absolute Gasteiger partial charge is 0.362 e. The highest BCUT2D eigenvalue weighted by atomic mass is 35.5.